The first-order valence-electron chi connectivity index (χ1n) is 8.07. The summed E-state index contributed by atoms with van der Waals surface area (Å²) in [6, 6.07) is 21.2. The number of rotatable bonds is 4. The van der Waals surface area contributed by atoms with Crippen LogP contribution in [0.2, 0.25) is 0 Å². The maximum absolute atomic E-state index is 12.6. The molecule has 2 aromatic carbocycles. The van der Waals surface area contributed by atoms with E-state index in [0.717, 1.165) is 16.6 Å². The van der Waals surface area contributed by atoms with Gasteiger partial charge in [0.05, 0.1) is 12.2 Å². The van der Waals surface area contributed by atoms with Crippen LogP contribution in [0.1, 0.15) is 21.8 Å². The minimum Gasteiger partial charge on any atom is -0.451 e. The Morgan fingerprint density at radius 2 is 1.84 bits per heavy atom. The zero-order valence-electron chi connectivity index (χ0n) is 13.8. The molecule has 0 bridgehead atoms. The Morgan fingerprint density at radius 1 is 1.08 bits per heavy atom. The molecule has 0 atom stereocenters. The molecule has 5 heteroatoms. The van der Waals surface area contributed by atoms with Gasteiger partial charge in [-0.3, -0.25) is 4.79 Å². The van der Waals surface area contributed by atoms with Crippen LogP contribution in [0, 0.1) is 6.92 Å². The molecular formula is C20H17N3O2. The molecule has 25 heavy (non-hydrogen) atoms. The van der Waals surface area contributed by atoms with E-state index in [0.29, 0.717) is 17.9 Å². The first-order chi connectivity index (χ1) is 12.2. The average Bonchev–Trinajstić information content (AvgIpc) is 3.19. The van der Waals surface area contributed by atoms with Gasteiger partial charge in [-0.2, -0.15) is 5.10 Å². The number of carbonyl (C=O) groups excluding carboxylic acids is 1. The highest BCUT2D eigenvalue weighted by atomic mass is 16.3. The van der Waals surface area contributed by atoms with Gasteiger partial charge < -0.3 is 9.73 Å². The summed E-state index contributed by atoms with van der Waals surface area (Å²) in [4.78, 5) is 12.6. The zero-order valence-corrected chi connectivity index (χ0v) is 13.8. The number of nitrogens with one attached hydrogen (secondary N) is 1. The van der Waals surface area contributed by atoms with Gasteiger partial charge in [0.1, 0.15) is 11.4 Å². The maximum atomic E-state index is 12.6. The average molecular weight is 331 g/mol. The van der Waals surface area contributed by atoms with Crippen LogP contribution in [0.4, 0.5) is 5.82 Å². The quantitative estimate of drug-likeness (QED) is 0.608. The summed E-state index contributed by atoms with van der Waals surface area (Å²) >= 11 is 0. The number of amides is 1. The fourth-order valence-corrected chi connectivity index (χ4v) is 2.79. The summed E-state index contributed by atoms with van der Waals surface area (Å²) in [5, 5.41) is 8.27. The number of aryl methyl sites for hydroxylation is 1. The third-order valence-corrected chi connectivity index (χ3v) is 3.97. The molecule has 5 nitrogen and oxygen atoms in total. The number of nitrogens with zero attached hydrogens (tertiary/aromatic N) is 2. The second-order valence-electron chi connectivity index (χ2n) is 5.92. The minimum absolute atomic E-state index is 0.284. The van der Waals surface area contributed by atoms with Crippen LogP contribution in [0.15, 0.2) is 71.1 Å². The van der Waals surface area contributed by atoms with E-state index in [-0.39, 0.29) is 11.7 Å². The highest BCUT2D eigenvalue weighted by Gasteiger charge is 2.15. The van der Waals surface area contributed by atoms with Crippen LogP contribution >= 0.6 is 0 Å². The monoisotopic (exact) mass is 331 g/mol. The Kier molecular flexibility index (Phi) is 3.82. The van der Waals surface area contributed by atoms with Crippen LogP contribution in [0.3, 0.4) is 0 Å². The van der Waals surface area contributed by atoms with Gasteiger partial charge in [-0.1, -0.05) is 48.5 Å². The van der Waals surface area contributed by atoms with Crippen molar-refractivity contribution in [2.45, 2.75) is 13.5 Å². The lowest BCUT2D eigenvalue weighted by Gasteiger charge is -2.08. The molecule has 0 aliphatic carbocycles. The van der Waals surface area contributed by atoms with Crippen molar-refractivity contribution in [1.29, 1.82) is 0 Å². The summed E-state index contributed by atoms with van der Waals surface area (Å²) in [7, 11) is 0. The summed E-state index contributed by atoms with van der Waals surface area (Å²) in [5.74, 6) is 0.642. The van der Waals surface area contributed by atoms with Gasteiger partial charge in [-0.05, 0) is 24.6 Å². The number of carbonyl (C=O) groups is 1. The number of aromatic nitrogens is 2. The number of para-hydroxylation sites is 1. The predicted octanol–water partition coefficient (Wildman–Crippen LogP) is 4.24. The van der Waals surface area contributed by atoms with Crippen molar-refractivity contribution >= 4 is 22.7 Å². The molecule has 2 aromatic heterocycles. The molecule has 124 valence electrons. The smallest absolute Gasteiger partial charge is 0.292 e. The van der Waals surface area contributed by atoms with Crippen LogP contribution < -0.4 is 5.32 Å². The Balaban J connectivity index is 1.58. The number of furan rings is 1. The molecule has 0 radical (unpaired) electrons. The minimum atomic E-state index is -0.287. The third-order valence-electron chi connectivity index (χ3n) is 3.97. The topological polar surface area (TPSA) is 60.1 Å². The first kappa shape index (κ1) is 15.2. The van der Waals surface area contributed by atoms with Crippen molar-refractivity contribution < 1.29 is 9.21 Å². The Morgan fingerprint density at radius 3 is 2.64 bits per heavy atom. The second-order valence-corrected chi connectivity index (χ2v) is 5.92. The number of fused-ring (bicyclic) bond motifs is 1. The highest BCUT2D eigenvalue weighted by molar-refractivity contribution is 6.04. The summed E-state index contributed by atoms with van der Waals surface area (Å²) in [6.45, 7) is 2.49. The van der Waals surface area contributed by atoms with Crippen molar-refractivity contribution in [2.24, 2.45) is 0 Å². The van der Waals surface area contributed by atoms with E-state index >= 15 is 0 Å². The summed E-state index contributed by atoms with van der Waals surface area (Å²) in [5.41, 5.74) is 2.65. The van der Waals surface area contributed by atoms with Crippen LogP contribution in [0.5, 0.6) is 0 Å². The van der Waals surface area contributed by atoms with Crippen molar-refractivity contribution in [3.8, 4) is 0 Å². The molecule has 1 N–H and O–H groups in total. The van der Waals surface area contributed by atoms with E-state index in [1.54, 1.807) is 10.7 Å². The van der Waals surface area contributed by atoms with E-state index in [9.17, 15) is 4.79 Å². The molecule has 2 heterocycles. The Hall–Kier alpha value is -3.34. The van der Waals surface area contributed by atoms with Gasteiger partial charge in [-0.25, -0.2) is 4.68 Å². The second kappa shape index (κ2) is 6.28. The SMILES string of the molecule is Cc1cc(NC(=O)c2cc3ccccc3o2)n(Cc2ccccc2)n1. The predicted molar refractivity (Wildman–Crippen MR) is 96.7 cm³/mol. The van der Waals surface area contributed by atoms with Gasteiger partial charge in [0.2, 0.25) is 0 Å². The van der Waals surface area contributed by atoms with Crippen LogP contribution in [-0.4, -0.2) is 15.7 Å². The zero-order chi connectivity index (χ0) is 17.2. The summed E-state index contributed by atoms with van der Waals surface area (Å²) < 4.78 is 7.41. The molecule has 4 aromatic rings. The van der Waals surface area contributed by atoms with Crippen LogP contribution in [0.25, 0.3) is 11.0 Å². The largest absolute Gasteiger partial charge is 0.451 e. The van der Waals surface area contributed by atoms with Gasteiger partial charge in [-0.15, -0.1) is 0 Å². The fourth-order valence-electron chi connectivity index (χ4n) is 2.79. The molecular weight excluding hydrogens is 314 g/mol. The molecule has 0 aliphatic rings. The van der Waals surface area contributed by atoms with Crippen molar-refractivity contribution in [1.82, 2.24) is 9.78 Å². The molecule has 1 amide bonds. The molecule has 0 fully saturated rings. The van der Waals surface area contributed by atoms with E-state index in [1.807, 2.05) is 67.6 Å². The third kappa shape index (κ3) is 3.17. The first-order valence-corrected chi connectivity index (χ1v) is 8.07. The van der Waals surface area contributed by atoms with Crippen molar-refractivity contribution in [3.63, 3.8) is 0 Å². The molecule has 0 unspecified atom stereocenters. The lowest BCUT2D eigenvalue weighted by molar-refractivity contribution is 0.0997. The van der Waals surface area contributed by atoms with Crippen molar-refractivity contribution in [3.05, 3.63) is 83.7 Å². The lowest BCUT2D eigenvalue weighted by atomic mass is 10.2. The lowest BCUT2D eigenvalue weighted by Crippen LogP contribution is -2.15. The van der Waals surface area contributed by atoms with Gasteiger partial charge in [0.15, 0.2) is 5.76 Å². The van der Waals surface area contributed by atoms with Gasteiger partial charge >= 0.3 is 0 Å². The van der Waals surface area contributed by atoms with Gasteiger partial charge in [0, 0.05) is 11.5 Å². The van der Waals surface area contributed by atoms with E-state index < -0.39 is 0 Å². The van der Waals surface area contributed by atoms with Crippen LogP contribution in [-0.2, 0) is 6.54 Å². The number of hydrogen-bond donors (Lipinski definition) is 1. The molecule has 4 rings (SSSR count). The standard InChI is InChI=1S/C20H17N3O2/c1-14-11-19(23(22-14)13-15-7-3-2-4-8-15)21-20(24)18-12-16-9-5-6-10-17(16)25-18/h2-12H,13H2,1H3,(H,21,24). The Labute approximate surface area is 144 Å². The van der Waals surface area contributed by atoms with E-state index in [4.69, 9.17) is 4.42 Å². The summed E-state index contributed by atoms with van der Waals surface area (Å²) in [6.07, 6.45) is 0. The molecule has 0 aliphatic heterocycles. The number of hydrogen-bond acceptors (Lipinski definition) is 3. The highest BCUT2D eigenvalue weighted by Crippen LogP contribution is 2.20. The molecule has 0 spiro atoms. The molecule has 0 saturated heterocycles. The van der Waals surface area contributed by atoms with Crippen molar-refractivity contribution in [2.75, 3.05) is 5.32 Å². The molecule has 0 saturated carbocycles. The fraction of sp³-hybridized carbons (Fsp3) is 0.100. The normalized spacial score (nSPS) is 10.9. The van der Waals surface area contributed by atoms with E-state index in [2.05, 4.69) is 10.4 Å². The van der Waals surface area contributed by atoms with E-state index in [1.165, 1.54) is 0 Å². The Bertz CT molecular complexity index is 998. The maximum Gasteiger partial charge on any atom is 0.292 e. The van der Waals surface area contributed by atoms with Gasteiger partial charge in [0.25, 0.3) is 5.91 Å². The number of benzene rings is 2. The number of anilines is 1.